The van der Waals surface area contributed by atoms with Crippen molar-refractivity contribution in [1.29, 1.82) is 0 Å². The molecule has 10 rings (SSSR count). The standard InChI is InChI=1S/C47H31N3O2/c48-46(50-47(49-28-29-10-2-1-3-11-29)38-16-9-19-42-45(38)35-14-6-7-17-40(35)51-42)37-15-8-18-41-44(37)36-25-24-33(27-43(36)52-41)32-23-22-31-21-20-30-12-4-5-13-34(30)39(31)26-32/h1-27H,28H2,(H2,48,49,50). The van der Waals surface area contributed by atoms with Crippen LogP contribution in [-0.4, -0.2) is 11.7 Å². The number of rotatable bonds is 5. The summed E-state index contributed by atoms with van der Waals surface area (Å²) < 4.78 is 12.7. The Kier molecular flexibility index (Phi) is 6.96. The van der Waals surface area contributed by atoms with Gasteiger partial charge in [0, 0.05) is 32.7 Å². The maximum absolute atomic E-state index is 6.97. The molecule has 0 saturated heterocycles. The maximum Gasteiger partial charge on any atom is 0.158 e. The first-order valence-electron chi connectivity index (χ1n) is 17.4. The Morgan fingerprint density at radius 2 is 1.06 bits per heavy atom. The highest BCUT2D eigenvalue weighted by molar-refractivity contribution is 6.24. The van der Waals surface area contributed by atoms with Crippen molar-refractivity contribution < 1.29 is 8.83 Å². The Morgan fingerprint density at radius 1 is 0.462 bits per heavy atom. The third kappa shape index (κ3) is 5.02. The number of nitrogens with zero attached hydrogens (tertiary/aromatic N) is 2. The van der Waals surface area contributed by atoms with Crippen molar-refractivity contribution in [3.8, 4) is 11.1 Å². The maximum atomic E-state index is 6.97. The molecular formula is C47H31N3O2. The van der Waals surface area contributed by atoms with E-state index in [9.17, 15) is 0 Å². The molecule has 246 valence electrons. The number of nitrogens with two attached hydrogens (primary N) is 1. The largest absolute Gasteiger partial charge is 0.456 e. The van der Waals surface area contributed by atoms with E-state index in [1.54, 1.807) is 0 Å². The second kappa shape index (κ2) is 12.1. The molecule has 5 heteroatoms. The van der Waals surface area contributed by atoms with Crippen molar-refractivity contribution in [1.82, 2.24) is 0 Å². The van der Waals surface area contributed by atoms with Crippen molar-refractivity contribution in [3.63, 3.8) is 0 Å². The summed E-state index contributed by atoms with van der Waals surface area (Å²) in [7, 11) is 0. The van der Waals surface area contributed by atoms with Crippen LogP contribution in [0.1, 0.15) is 16.7 Å². The van der Waals surface area contributed by atoms with Gasteiger partial charge >= 0.3 is 0 Å². The van der Waals surface area contributed by atoms with Gasteiger partial charge in [0.05, 0.1) is 6.54 Å². The molecule has 10 aromatic rings. The third-order valence-corrected chi connectivity index (χ3v) is 9.98. The Bertz CT molecular complexity index is 3060. The van der Waals surface area contributed by atoms with E-state index in [-0.39, 0.29) is 0 Å². The van der Waals surface area contributed by atoms with Crippen LogP contribution >= 0.6 is 0 Å². The number of benzene rings is 8. The molecule has 0 atom stereocenters. The number of furan rings is 2. The van der Waals surface area contributed by atoms with Crippen molar-refractivity contribution in [2.24, 2.45) is 15.7 Å². The molecule has 0 amide bonds. The third-order valence-electron chi connectivity index (χ3n) is 9.98. The number of amidine groups is 2. The van der Waals surface area contributed by atoms with Gasteiger partial charge in [0.25, 0.3) is 0 Å². The van der Waals surface area contributed by atoms with Gasteiger partial charge in [-0.1, -0.05) is 127 Å². The molecular weight excluding hydrogens is 639 g/mol. The molecule has 0 saturated carbocycles. The summed E-state index contributed by atoms with van der Waals surface area (Å²) in [4.78, 5) is 10.2. The Hall–Kier alpha value is -6.98. The minimum Gasteiger partial charge on any atom is -0.456 e. The molecule has 2 N–H and O–H groups in total. The minimum atomic E-state index is 0.357. The van der Waals surface area contributed by atoms with E-state index < -0.39 is 0 Å². The molecule has 0 fully saturated rings. The molecule has 0 aliphatic carbocycles. The van der Waals surface area contributed by atoms with E-state index in [0.29, 0.717) is 18.2 Å². The van der Waals surface area contributed by atoms with E-state index in [1.165, 1.54) is 21.5 Å². The van der Waals surface area contributed by atoms with Crippen LogP contribution in [0.4, 0.5) is 0 Å². The van der Waals surface area contributed by atoms with Gasteiger partial charge in [0.2, 0.25) is 0 Å². The van der Waals surface area contributed by atoms with Gasteiger partial charge in [0.1, 0.15) is 28.2 Å². The van der Waals surface area contributed by atoms with Crippen LogP contribution in [0.5, 0.6) is 0 Å². The SMILES string of the molecule is N/C(=N\C(=N/Cc1ccccc1)c1cccc2oc3ccccc3c12)c1cccc2oc3cc(-c4ccc5ccc6ccccc6c5c4)ccc3c12. The van der Waals surface area contributed by atoms with Crippen LogP contribution in [0.15, 0.2) is 183 Å². The second-order valence-corrected chi connectivity index (χ2v) is 13.1. The van der Waals surface area contributed by atoms with Crippen LogP contribution in [0.3, 0.4) is 0 Å². The number of para-hydroxylation sites is 1. The lowest BCUT2D eigenvalue weighted by molar-refractivity contribution is 0.668. The van der Waals surface area contributed by atoms with Gasteiger partial charge in [-0.2, -0.15) is 0 Å². The van der Waals surface area contributed by atoms with Gasteiger partial charge in [-0.05, 0) is 74.6 Å². The quantitative estimate of drug-likeness (QED) is 0.113. The summed E-state index contributed by atoms with van der Waals surface area (Å²) >= 11 is 0. The fraction of sp³-hybridized carbons (Fsp3) is 0.0213. The zero-order chi connectivity index (χ0) is 34.6. The Labute approximate surface area is 299 Å². The van der Waals surface area contributed by atoms with Gasteiger partial charge in [-0.25, -0.2) is 4.99 Å². The molecule has 0 aliphatic rings. The highest BCUT2D eigenvalue weighted by Crippen LogP contribution is 2.37. The lowest BCUT2D eigenvalue weighted by Crippen LogP contribution is -2.17. The molecule has 2 aromatic heterocycles. The lowest BCUT2D eigenvalue weighted by Gasteiger charge is -2.09. The summed E-state index contributed by atoms with van der Waals surface area (Å²) in [6, 6.07) is 56.1. The molecule has 0 unspecified atom stereocenters. The number of hydrogen-bond donors (Lipinski definition) is 1. The van der Waals surface area contributed by atoms with Crippen molar-refractivity contribution in [2.75, 3.05) is 0 Å². The van der Waals surface area contributed by atoms with E-state index in [0.717, 1.165) is 71.7 Å². The summed E-state index contributed by atoms with van der Waals surface area (Å²) in [6.45, 7) is 0.450. The van der Waals surface area contributed by atoms with E-state index in [2.05, 4.69) is 91.0 Å². The minimum absolute atomic E-state index is 0.357. The van der Waals surface area contributed by atoms with E-state index >= 15 is 0 Å². The zero-order valence-electron chi connectivity index (χ0n) is 28.1. The number of aliphatic imine (C=N–C) groups is 2. The number of fused-ring (bicyclic) bond motifs is 9. The fourth-order valence-corrected chi connectivity index (χ4v) is 7.47. The first kappa shape index (κ1) is 29.9. The highest BCUT2D eigenvalue weighted by Gasteiger charge is 2.18. The van der Waals surface area contributed by atoms with Crippen LogP contribution in [-0.2, 0) is 6.54 Å². The molecule has 0 radical (unpaired) electrons. The smallest absolute Gasteiger partial charge is 0.158 e. The first-order valence-corrected chi connectivity index (χ1v) is 17.4. The van der Waals surface area contributed by atoms with E-state index in [4.69, 9.17) is 24.6 Å². The van der Waals surface area contributed by atoms with Crippen molar-refractivity contribution in [2.45, 2.75) is 6.54 Å². The van der Waals surface area contributed by atoms with Gasteiger partial charge in [-0.3, -0.25) is 4.99 Å². The molecule has 0 bridgehead atoms. The lowest BCUT2D eigenvalue weighted by atomic mass is 9.96. The van der Waals surface area contributed by atoms with Crippen LogP contribution in [0, 0.1) is 0 Å². The summed E-state index contributed by atoms with van der Waals surface area (Å²) in [5.74, 6) is 0.893. The summed E-state index contributed by atoms with van der Waals surface area (Å²) in [6.07, 6.45) is 0. The predicted octanol–water partition coefficient (Wildman–Crippen LogP) is 11.8. The fourth-order valence-electron chi connectivity index (χ4n) is 7.47. The van der Waals surface area contributed by atoms with Crippen LogP contribution in [0.25, 0.3) is 76.5 Å². The van der Waals surface area contributed by atoms with Gasteiger partial charge in [-0.15, -0.1) is 0 Å². The van der Waals surface area contributed by atoms with Gasteiger partial charge < -0.3 is 14.6 Å². The monoisotopic (exact) mass is 669 g/mol. The average molecular weight is 670 g/mol. The molecule has 0 spiro atoms. The molecule has 2 heterocycles. The average Bonchev–Trinajstić information content (AvgIpc) is 3.78. The molecule has 5 nitrogen and oxygen atoms in total. The summed E-state index contributed by atoms with van der Waals surface area (Å²) in [5.41, 5.74) is 15.0. The highest BCUT2D eigenvalue weighted by atomic mass is 16.3. The Balaban J connectivity index is 1.10. The molecule has 0 aliphatic heterocycles. The predicted molar refractivity (Wildman–Crippen MR) is 215 cm³/mol. The summed E-state index contributed by atoms with van der Waals surface area (Å²) in [5, 5.41) is 8.79. The van der Waals surface area contributed by atoms with Crippen molar-refractivity contribution >= 4 is 77.1 Å². The first-order chi connectivity index (χ1) is 25.7. The zero-order valence-corrected chi connectivity index (χ0v) is 28.1. The van der Waals surface area contributed by atoms with Crippen molar-refractivity contribution in [3.05, 3.63) is 180 Å². The van der Waals surface area contributed by atoms with Crippen LogP contribution < -0.4 is 5.73 Å². The molecule has 52 heavy (non-hydrogen) atoms. The topological polar surface area (TPSA) is 77.0 Å². The second-order valence-electron chi connectivity index (χ2n) is 13.1. The van der Waals surface area contributed by atoms with Gasteiger partial charge in [0.15, 0.2) is 5.84 Å². The number of hydrogen-bond acceptors (Lipinski definition) is 3. The van der Waals surface area contributed by atoms with E-state index in [1.807, 2.05) is 72.8 Å². The van der Waals surface area contributed by atoms with Crippen LogP contribution in [0.2, 0.25) is 0 Å². The molecule has 8 aromatic carbocycles. The normalized spacial score (nSPS) is 12.6. The Morgan fingerprint density at radius 3 is 1.90 bits per heavy atom.